The standard InChI is InChI=1S/C11H23NO2/c1-3-4-11(9-13-2)12-10-5-7-14-8-6-10/h10-12H,3-9H2,1-2H3. The molecule has 0 radical (unpaired) electrons. The quantitative estimate of drug-likeness (QED) is 0.707. The van der Waals surface area contributed by atoms with Gasteiger partial charge in [0, 0.05) is 32.4 Å². The van der Waals surface area contributed by atoms with Gasteiger partial charge in [-0.05, 0) is 19.3 Å². The molecule has 3 nitrogen and oxygen atoms in total. The zero-order valence-corrected chi connectivity index (χ0v) is 9.42. The second-order valence-corrected chi connectivity index (χ2v) is 3.99. The number of methoxy groups -OCH3 is 1. The maximum Gasteiger partial charge on any atom is 0.0615 e. The molecule has 0 amide bonds. The van der Waals surface area contributed by atoms with Gasteiger partial charge in [-0.3, -0.25) is 0 Å². The summed E-state index contributed by atoms with van der Waals surface area (Å²) in [5, 5.41) is 3.65. The Morgan fingerprint density at radius 3 is 2.71 bits per heavy atom. The smallest absolute Gasteiger partial charge is 0.0615 e. The van der Waals surface area contributed by atoms with Gasteiger partial charge in [-0.25, -0.2) is 0 Å². The summed E-state index contributed by atoms with van der Waals surface area (Å²) in [6.45, 7) is 4.85. The van der Waals surface area contributed by atoms with Crippen molar-refractivity contribution in [3.8, 4) is 0 Å². The number of ether oxygens (including phenoxy) is 2. The fourth-order valence-electron chi connectivity index (χ4n) is 1.96. The highest BCUT2D eigenvalue weighted by Crippen LogP contribution is 2.09. The van der Waals surface area contributed by atoms with Crippen LogP contribution in [0, 0.1) is 0 Å². The normalized spacial score (nSPS) is 21.0. The molecule has 14 heavy (non-hydrogen) atoms. The summed E-state index contributed by atoms with van der Waals surface area (Å²) in [5.74, 6) is 0. The lowest BCUT2D eigenvalue weighted by Crippen LogP contribution is -2.43. The van der Waals surface area contributed by atoms with Crippen molar-refractivity contribution in [2.45, 2.75) is 44.7 Å². The zero-order chi connectivity index (χ0) is 10.2. The molecule has 0 aliphatic carbocycles. The van der Waals surface area contributed by atoms with Crippen LogP contribution in [0.15, 0.2) is 0 Å². The molecule has 0 bridgehead atoms. The van der Waals surface area contributed by atoms with Crippen molar-refractivity contribution in [1.82, 2.24) is 5.32 Å². The molecule has 0 spiro atoms. The Bertz CT molecular complexity index is 129. The van der Waals surface area contributed by atoms with Crippen LogP contribution in [0.1, 0.15) is 32.6 Å². The third-order valence-corrected chi connectivity index (χ3v) is 2.70. The number of nitrogens with one attached hydrogen (secondary N) is 1. The lowest BCUT2D eigenvalue weighted by Gasteiger charge is -2.28. The van der Waals surface area contributed by atoms with Crippen LogP contribution >= 0.6 is 0 Å². The van der Waals surface area contributed by atoms with Crippen LogP contribution in [-0.2, 0) is 9.47 Å². The molecular weight excluding hydrogens is 178 g/mol. The summed E-state index contributed by atoms with van der Waals surface area (Å²) >= 11 is 0. The highest BCUT2D eigenvalue weighted by atomic mass is 16.5. The molecule has 1 aliphatic heterocycles. The molecule has 0 saturated carbocycles. The van der Waals surface area contributed by atoms with Gasteiger partial charge in [-0.2, -0.15) is 0 Å². The molecule has 3 heteroatoms. The molecule has 1 rings (SSSR count). The van der Waals surface area contributed by atoms with Crippen LogP contribution in [0.5, 0.6) is 0 Å². The molecule has 1 fully saturated rings. The summed E-state index contributed by atoms with van der Waals surface area (Å²) in [4.78, 5) is 0. The van der Waals surface area contributed by atoms with Crippen LogP contribution in [0.25, 0.3) is 0 Å². The van der Waals surface area contributed by atoms with E-state index in [4.69, 9.17) is 9.47 Å². The van der Waals surface area contributed by atoms with Gasteiger partial charge in [0.1, 0.15) is 0 Å². The molecule has 1 heterocycles. The summed E-state index contributed by atoms with van der Waals surface area (Å²) in [7, 11) is 1.77. The second kappa shape index (κ2) is 7.21. The predicted octanol–water partition coefficient (Wildman–Crippen LogP) is 1.57. The van der Waals surface area contributed by atoms with Crippen LogP contribution in [0.2, 0.25) is 0 Å². The SMILES string of the molecule is CCCC(COC)NC1CCOCC1. The van der Waals surface area contributed by atoms with Gasteiger partial charge < -0.3 is 14.8 Å². The van der Waals surface area contributed by atoms with Crippen LogP contribution < -0.4 is 5.32 Å². The fourth-order valence-corrected chi connectivity index (χ4v) is 1.96. The van der Waals surface area contributed by atoms with Gasteiger partial charge in [-0.1, -0.05) is 13.3 Å². The minimum Gasteiger partial charge on any atom is -0.383 e. The Balaban J connectivity index is 2.21. The van der Waals surface area contributed by atoms with E-state index in [-0.39, 0.29) is 0 Å². The molecule has 1 saturated heterocycles. The Kier molecular flexibility index (Phi) is 6.15. The average molecular weight is 201 g/mol. The van der Waals surface area contributed by atoms with E-state index in [1.54, 1.807) is 7.11 Å². The van der Waals surface area contributed by atoms with Gasteiger partial charge in [0.15, 0.2) is 0 Å². The van der Waals surface area contributed by atoms with E-state index in [0.29, 0.717) is 12.1 Å². The molecule has 0 aromatic rings. The highest BCUT2D eigenvalue weighted by molar-refractivity contribution is 4.76. The first-order valence-corrected chi connectivity index (χ1v) is 5.69. The number of hydrogen-bond acceptors (Lipinski definition) is 3. The predicted molar refractivity (Wildman–Crippen MR) is 57.5 cm³/mol. The van der Waals surface area contributed by atoms with Crippen molar-refractivity contribution in [2.24, 2.45) is 0 Å². The Morgan fingerprint density at radius 2 is 2.14 bits per heavy atom. The van der Waals surface area contributed by atoms with E-state index in [1.165, 1.54) is 12.8 Å². The van der Waals surface area contributed by atoms with Crippen LogP contribution in [0.4, 0.5) is 0 Å². The van der Waals surface area contributed by atoms with Gasteiger partial charge >= 0.3 is 0 Å². The van der Waals surface area contributed by atoms with E-state index in [9.17, 15) is 0 Å². The summed E-state index contributed by atoms with van der Waals surface area (Å²) in [6, 6.07) is 1.16. The molecule has 1 unspecified atom stereocenters. The van der Waals surface area contributed by atoms with E-state index in [1.807, 2.05) is 0 Å². The fraction of sp³-hybridized carbons (Fsp3) is 1.00. The molecule has 0 aromatic heterocycles. The maximum atomic E-state index is 5.33. The molecule has 1 N–H and O–H groups in total. The van der Waals surface area contributed by atoms with Crippen molar-refractivity contribution in [3.63, 3.8) is 0 Å². The van der Waals surface area contributed by atoms with Gasteiger partial charge in [0.2, 0.25) is 0 Å². The Labute approximate surface area is 87.2 Å². The van der Waals surface area contributed by atoms with Crippen molar-refractivity contribution >= 4 is 0 Å². The van der Waals surface area contributed by atoms with E-state index in [2.05, 4.69) is 12.2 Å². The van der Waals surface area contributed by atoms with Crippen LogP contribution in [-0.4, -0.2) is 39.0 Å². The summed E-state index contributed by atoms with van der Waals surface area (Å²) in [5.41, 5.74) is 0. The van der Waals surface area contributed by atoms with Crippen molar-refractivity contribution in [2.75, 3.05) is 26.9 Å². The first kappa shape index (κ1) is 12.0. The molecule has 1 aliphatic rings. The zero-order valence-electron chi connectivity index (χ0n) is 9.42. The van der Waals surface area contributed by atoms with Crippen molar-refractivity contribution in [1.29, 1.82) is 0 Å². The van der Waals surface area contributed by atoms with E-state index in [0.717, 1.165) is 32.7 Å². The Hall–Kier alpha value is -0.120. The van der Waals surface area contributed by atoms with Crippen molar-refractivity contribution < 1.29 is 9.47 Å². The topological polar surface area (TPSA) is 30.5 Å². The monoisotopic (exact) mass is 201 g/mol. The third kappa shape index (κ3) is 4.40. The number of hydrogen-bond donors (Lipinski definition) is 1. The second-order valence-electron chi connectivity index (χ2n) is 3.99. The minimum absolute atomic E-state index is 0.521. The van der Waals surface area contributed by atoms with Crippen LogP contribution in [0.3, 0.4) is 0 Å². The van der Waals surface area contributed by atoms with Crippen molar-refractivity contribution in [3.05, 3.63) is 0 Å². The largest absolute Gasteiger partial charge is 0.383 e. The first-order valence-electron chi connectivity index (χ1n) is 5.69. The Morgan fingerprint density at radius 1 is 1.43 bits per heavy atom. The van der Waals surface area contributed by atoms with Gasteiger partial charge in [0.05, 0.1) is 6.61 Å². The maximum absolute atomic E-state index is 5.33. The molecule has 0 aromatic carbocycles. The lowest BCUT2D eigenvalue weighted by molar-refractivity contribution is 0.0679. The van der Waals surface area contributed by atoms with Gasteiger partial charge in [-0.15, -0.1) is 0 Å². The summed E-state index contributed by atoms with van der Waals surface area (Å²) in [6.07, 6.45) is 4.70. The minimum atomic E-state index is 0.521. The van der Waals surface area contributed by atoms with E-state index >= 15 is 0 Å². The summed E-state index contributed by atoms with van der Waals surface area (Å²) < 4.78 is 10.5. The van der Waals surface area contributed by atoms with E-state index < -0.39 is 0 Å². The highest BCUT2D eigenvalue weighted by Gasteiger charge is 2.17. The molecule has 84 valence electrons. The lowest BCUT2D eigenvalue weighted by atomic mass is 10.1. The first-order chi connectivity index (χ1) is 6.86. The third-order valence-electron chi connectivity index (χ3n) is 2.70. The molecule has 1 atom stereocenters. The number of rotatable bonds is 6. The molecular formula is C11H23NO2. The average Bonchev–Trinajstić information content (AvgIpc) is 2.20. The van der Waals surface area contributed by atoms with Gasteiger partial charge in [0.25, 0.3) is 0 Å².